The van der Waals surface area contributed by atoms with E-state index in [2.05, 4.69) is 10.0 Å². The van der Waals surface area contributed by atoms with Crippen LogP contribution in [-0.2, 0) is 11.0 Å². The first kappa shape index (κ1) is 19.3. The first-order valence-corrected chi connectivity index (χ1v) is 9.35. The molecule has 0 bridgehead atoms. The van der Waals surface area contributed by atoms with E-state index >= 15 is 0 Å². The van der Waals surface area contributed by atoms with Crippen LogP contribution in [0.25, 0.3) is 0 Å². The largest absolute Gasteiger partial charge is 0.349 e. The van der Waals surface area contributed by atoms with Crippen LogP contribution in [0.3, 0.4) is 0 Å². The summed E-state index contributed by atoms with van der Waals surface area (Å²) in [5, 5.41) is 2.58. The average molecular weight is 370 g/mol. The molecular weight excluding hydrogens is 349 g/mol. The van der Waals surface area contributed by atoms with E-state index in [0.29, 0.717) is 5.56 Å². The molecule has 0 spiro atoms. The highest BCUT2D eigenvalue weighted by Crippen LogP contribution is 2.34. The number of anilines is 3. The molecule has 3 rings (SSSR count). The highest BCUT2D eigenvalue weighted by atomic mass is 32.2. The summed E-state index contributed by atoms with van der Waals surface area (Å²) in [5.41, 5.74) is 0.595. The van der Waals surface area contributed by atoms with Crippen LogP contribution in [0.15, 0.2) is 30.3 Å². The Morgan fingerprint density at radius 3 is 2.24 bits per heavy atom. The lowest BCUT2D eigenvalue weighted by molar-refractivity contribution is 0.512. The minimum atomic E-state index is -1.38. The van der Waals surface area contributed by atoms with Gasteiger partial charge < -0.3 is 10.0 Å². The molecule has 0 radical (unpaired) electrons. The number of hydrogen-bond acceptors (Lipinski definition) is 2. The fraction of sp³-hybridized carbons (Fsp3) is 0.333. The topological polar surface area (TPSA) is 41.1 Å². The van der Waals surface area contributed by atoms with Crippen molar-refractivity contribution >= 4 is 28.0 Å². The van der Waals surface area contributed by atoms with Crippen LogP contribution in [0.4, 0.5) is 30.2 Å². The van der Waals surface area contributed by atoms with Gasteiger partial charge in [-0.3, -0.25) is 0 Å². The number of nitrogens with one attached hydrogen (secondary N) is 2. The number of hydrogen-bond donors (Lipinski definition) is 2. The molecule has 0 saturated heterocycles. The van der Waals surface area contributed by atoms with Gasteiger partial charge in [0.1, 0.15) is 22.5 Å². The molecule has 7 heteroatoms. The molecule has 1 aliphatic carbocycles. The van der Waals surface area contributed by atoms with Gasteiger partial charge in [-0.15, -0.1) is 0 Å². The van der Waals surface area contributed by atoms with Crippen LogP contribution in [0, 0.1) is 24.4 Å². The van der Waals surface area contributed by atoms with Crippen molar-refractivity contribution in [1.82, 2.24) is 0 Å². The molecule has 1 unspecified atom stereocenters. The predicted octanol–water partition coefficient (Wildman–Crippen LogP) is 5.42. The standard InChI is InChI=1S/C16H15F3N2OS.C2H6/c1-9-2-6-13(12(18)8-9)20-16-14(7-5-11(17)15(16)19)21-23(22)10-3-4-10;1-2/h2,5-8,10,20-21H,3-4H2,1H3;1-2H3. The van der Waals surface area contributed by atoms with Gasteiger partial charge in [-0.2, -0.15) is 0 Å². The van der Waals surface area contributed by atoms with Crippen molar-refractivity contribution in [2.24, 2.45) is 0 Å². The highest BCUT2D eigenvalue weighted by molar-refractivity contribution is 7.87. The maximum Gasteiger partial charge on any atom is 0.184 e. The van der Waals surface area contributed by atoms with Gasteiger partial charge >= 0.3 is 0 Å². The van der Waals surface area contributed by atoms with Crippen LogP contribution in [-0.4, -0.2) is 9.46 Å². The zero-order valence-electron chi connectivity index (χ0n) is 14.3. The summed E-state index contributed by atoms with van der Waals surface area (Å²) in [7, 11) is -1.38. The van der Waals surface area contributed by atoms with Gasteiger partial charge in [0.05, 0.1) is 16.6 Å². The van der Waals surface area contributed by atoms with Crippen molar-refractivity contribution in [3.05, 3.63) is 53.3 Å². The molecule has 136 valence electrons. The Labute approximate surface area is 148 Å². The molecule has 0 heterocycles. The van der Waals surface area contributed by atoms with Crippen LogP contribution in [0.1, 0.15) is 32.3 Å². The Kier molecular flexibility index (Phi) is 6.47. The Bertz CT molecular complexity index is 779. The summed E-state index contributed by atoms with van der Waals surface area (Å²) >= 11 is 0. The lowest BCUT2D eigenvalue weighted by Crippen LogP contribution is -2.12. The second-order valence-electron chi connectivity index (χ2n) is 5.49. The molecule has 1 atom stereocenters. The predicted molar refractivity (Wildman–Crippen MR) is 96.9 cm³/mol. The van der Waals surface area contributed by atoms with Crippen molar-refractivity contribution in [1.29, 1.82) is 0 Å². The van der Waals surface area contributed by atoms with Gasteiger partial charge in [-0.05, 0) is 49.6 Å². The molecule has 0 amide bonds. The molecule has 1 fully saturated rings. The molecule has 3 nitrogen and oxygen atoms in total. The molecule has 0 aromatic heterocycles. The van der Waals surface area contributed by atoms with Gasteiger partial charge in [0.15, 0.2) is 11.6 Å². The fourth-order valence-corrected chi connectivity index (χ4v) is 3.21. The summed E-state index contributed by atoms with van der Waals surface area (Å²) in [5.74, 6) is -2.80. The van der Waals surface area contributed by atoms with Crippen molar-refractivity contribution in [2.45, 2.75) is 38.9 Å². The van der Waals surface area contributed by atoms with Crippen molar-refractivity contribution in [3.8, 4) is 0 Å². The van der Waals surface area contributed by atoms with Gasteiger partial charge in [-0.1, -0.05) is 19.9 Å². The molecule has 25 heavy (non-hydrogen) atoms. The van der Waals surface area contributed by atoms with E-state index in [-0.39, 0.29) is 22.3 Å². The Morgan fingerprint density at radius 1 is 1.00 bits per heavy atom. The zero-order chi connectivity index (χ0) is 18.6. The second kappa shape index (κ2) is 8.38. The third-order valence-electron chi connectivity index (χ3n) is 3.52. The molecular formula is C18H21F3N2OS. The van der Waals surface area contributed by atoms with Gasteiger partial charge in [0.2, 0.25) is 0 Å². The lowest BCUT2D eigenvalue weighted by Gasteiger charge is -2.15. The maximum absolute atomic E-state index is 14.1. The van der Waals surface area contributed by atoms with E-state index in [0.717, 1.165) is 18.9 Å². The van der Waals surface area contributed by atoms with E-state index < -0.39 is 28.4 Å². The van der Waals surface area contributed by atoms with E-state index in [1.54, 1.807) is 13.0 Å². The Balaban J connectivity index is 0.00000109. The SMILES string of the molecule is CC.Cc1ccc(Nc2c(NS(=O)C3CC3)ccc(F)c2F)c(F)c1. The van der Waals surface area contributed by atoms with Crippen LogP contribution in [0.5, 0.6) is 0 Å². The smallest absolute Gasteiger partial charge is 0.184 e. The maximum atomic E-state index is 14.1. The van der Waals surface area contributed by atoms with Gasteiger partial charge in [0, 0.05) is 0 Å². The van der Waals surface area contributed by atoms with E-state index in [1.807, 2.05) is 13.8 Å². The molecule has 2 N–H and O–H groups in total. The third-order valence-corrected chi connectivity index (χ3v) is 5.01. The molecule has 1 aliphatic rings. The number of rotatable bonds is 5. The van der Waals surface area contributed by atoms with Crippen LogP contribution >= 0.6 is 0 Å². The normalized spacial score (nSPS) is 14.3. The number of benzene rings is 2. The molecule has 2 aromatic carbocycles. The zero-order valence-corrected chi connectivity index (χ0v) is 15.1. The highest BCUT2D eigenvalue weighted by Gasteiger charge is 2.29. The Hall–Kier alpha value is -2.02. The summed E-state index contributed by atoms with van der Waals surface area (Å²) in [4.78, 5) is 0. The number of aryl methyl sites for hydroxylation is 1. The van der Waals surface area contributed by atoms with E-state index in [1.165, 1.54) is 18.2 Å². The molecule has 2 aromatic rings. The fourth-order valence-electron chi connectivity index (χ4n) is 2.09. The first-order chi connectivity index (χ1) is 12.0. The van der Waals surface area contributed by atoms with Gasteiger partial charge in [0.25, 0.3) is 0 Å². The first-order valence-electron chi connectivity index (χ1n) is 8.14. The molecule has 0 aliphatic heterocycles. The monoisotopic (exact) mass is 370 g/mol. The van der Waals surface area contributed by atoms with Gasteiger partial charge in [-0.25, -0.2) is 17.4 Å². The summed E-state index contributed by atoms with van der Waals surface area (Å²) in [6, 6.07) is 6.61. The minimum Gasteiger partial charge on any atom is -0.349 e. The summed E-state index contributed by atoms with van der Waals surface area (Å²) < 4.78 is 56.2. The second-order valence-corrected chi connectivity index (χ2v) is 6.96. The molecule has 1 saturated carbocycles. The lowest BCUT2D eigenvalue weighted by atomic mass is 10.2. The summed E-state index contributed by atoms with van der Waals surface area (Å²) in [6.07, 6.45) is 1.66. The third kappa shape index (κ3) is 4.75. The average Bonchev–Trinajstić information content (AvgIpc) is 3.43. The van der Waals surface area contributed by atoms with Crippen LogP contribution < -0.4 is 10.0 Å². The van der Waals surface area contributed by atoms with Crippen LogP contribution in [0.2, 0.25) is 0 Å². The Morgan fingerprint density at radius 2 is 1.64 bits per heavy atom. The quantitative estimate of drug-likeness (QED) is 0.738. The van der Waals surface area contributed by atoms with Crippen molar-refractivity contribution < 1.29 is 17.4 Å². The van der Waals surface area contributed by atoms with Crippen molar-refractivity contribution in [3.63, 3.8) is 0 Å². The number of halogens is 3. The van der Waals surface area contributed by atoms with Crippen molar-refractivity contribution in [2.75, 3.05) is 10.0 Å². The van der Waals surface area contributed by atoms with E-state index in [4.69, 9.17) is 0 Å². The summed E-state index contributed by atoms with van der Waals surface area (Å²) in [6.45, 7) is 5.72. The van der Waals surface area contributed by atoms with E-state index in [9.17, 15) is 17.4 Å². The minimum absolute atomic E-state index is 0.0142.